The summed E-state index contributed by atoms with van der Waals surface area (Å²) in [7, 11) is 0. The average Bonchev–Trinajstić information content (AvgIpc) is 3.60. The summed E-state index contributed by atoms with van der Waals surface area (Å²) in [5.74, 6) is 0. The van der Waals surface area contributed by atoms with Gasteiger partial charge >= 0.3 is 0 Å². The van der Waals surface area contributed by atoms with Crippen molar-refractivity contribution in [2.45, 2.75) is 19.3 Å². The molecule has 8 aromatic carbocycles. The number of rotatable bonds is 8. The highest BCUT2D eigenvalue weighted by Gasteiger charge is 2.25. The summed E-state index contributed by atoms with van der Waals surface area (Å²) >= 11 is 0. The normalized spacial score (nSPS) is 11.7. The fourth-order valence-electron chi connectivity index (χ4n) is 8.40. The largest absolute Gasteiger partial charge is 0.310 e. The molecule has 0 N–H and O–H groups in total. The first-order valence-corrected chi connectivity index (χ1v) is 19.6. The summed E-state index contributed by atoms with van der Waals surface area (Å²) in [5.41, 5.74) is 14.4. The van der Waals surface area contributed by atoms with E-state index in [9.17, 15) is 0 Å². The van der Waals surface area contributed by atoms with Crippen molar-refractivity contribution in [3.8, 4) is 28.1 Å². The van der Waals surface area contributed by atoms with Gasteiger partial charge in [0.1, 0.15) is 0 Å². The van der Waals surface area contributed by atoms with Crippen molar-refractivity contribution in [2.75, 3.05) is 4.90 Å². The van der Waals surface area contributed by atoms with Crippen LogP contribution in [0, 0.1) is 0 Å². The average molecular weight is 732 g/mol. The molecule has 0 spiro atoms. The maximum atomic E-state index is 5.32. The van der Waals surface area contributed by atoms with Crippen molar-refractivity contribution < 1.29 is 0 Å². The number of fused-ring (bicyclic) bond motifs is 4. The van der Waals surface area contributed by atoms with Crippen LogP contribution in [-0.4, -0.2) is 9.55 Å². The minimum absolute atomic E-state index is 0.176. The summed E-state index contributed by atoms with van der Waals surface area (Å²) in [6.45, 7) is 4.62. The third-order valence-electron chi connectivity index (χ3n) is 11.4. The number of para-hydroxylation sites is 3. The summed E-state index contributed by atoms with van der Waals surface area (Å²) in [6, 6.07) is 76.3. The molecule has 0 fully saturated rings. The van der Waals surface area contributed by atoms with Crippen molar-refractivity contribution >= 4 is 49.8 Å². The van der Waals surface area contributed by atoms with Gasteiger partial charge in [-0.3, -0.25) is 0 Å². The van der Waals surface area contributed by atoms with Crippen LogP contribution in [0.3, 0.4) is 0 Å². The van der Waals surface area contributed by atoms with E-state index in [1.54, 1.807) is 0 Å². The highest BCUT2D eigenvalue weighted by atomic mass is 15.1. The van der Waals surface area contributed by atoms with Crippen molar-refractivity contribution in [1.29, 1.82) is 0 Å². The van der Waals surface area contributed by atoms with Gasteiger partial charge in [0, 0.05) is 55.5 Å². The van der Waals surface area contributed by atoms with Gasteiger partial charge in [0.25, 0.3) is 0 Å². The highest BCUT2D eigenvalue weighted by Crippen LogP contribution is 2.43. The molecule has 0 atom stereocenters. The van der Waals surface area contributed by atoms with E-state index in [2.05, 4.69) is 236 Å². The second-order valence-electron chi connectivity index (χ2n) is 15.3. The lowest BCUT2D eigenvalue weighted by molar-refractivity contribution is 0.641. The Hall–Kier alpha value is -7.23. The summed E-state index contributed by atoms with van der Waals surface area (Å²) < 4.78 is 2.40. The van der Waals surface area contributed by atoms with Crippen LogP contribution in [0.1, 0.15) is 25.0 Å². The van der Waals surface area contributed by atoms with Crippen molar-refractivity contribution in [3.05, 3.63) is 223 Å². The Kier molecular flexibility index (Phi) is 8.49. The van der Waals surface area contributed by atoms with E-state index >= 15 is 0 Å². The summed E-state index contributed by atoms with van der Waals surface area (Å²) in [4.78, 5) is 7.70. The lowest BCUT2D eigenvalue weighted by Gasteiger charge is -2.30. The summed E-state index contributed by atoms with van der Waals surface area (Å²) in [6.07, 6.45) is 0. The third-order valence-corrected chi connectivity index (χ3v) is 11.4. The van der Waals surface area contributed by atoms with Gasteiger partial charge in [-0.05, 0) is 89.5 Å². The minimum atomic E-state index is -0.176. The number of hydrogen-bond acceptors (Lipinski definition) is 2. The van der Waals surface area contributed by atoms with E-state index in [0.717, 1.165) is 67.1 Å². The number of aromatic nitrogens is 2. The Morgan fingerprint density at radius 3 is 1.84 bits per heavy atom. The molecule has 3 nitrogen and oxygen atoms in total. The standard InChI is InChI=1S/C54H41N3/c1-54(2,41-21-9-4-10-22-41)42-23-17-28-45(36-42)56(43-24-11-5-12-25-43)46-31-33-51-49(37-46)47-32-30-40(35-52(47)57(51)44-26-13-6-14-27-44)53-48(38-18-7-3-8-19-38)34-39-20-15-16-29-50(39)55-53/h3-37H,1-2H3. The van der Waals surface area contributed by atoms with Crippen LogP contribution in [0.25, 0.3) is 60.8 Å². The third kappa shape index (κ3) is 6.14. The van der Waals surface area contributed by atoms with Crippen LogP contribution >= 0.6 is 0 Å². The lowest BCUT2D eigenvalue weighted by atomic mass is 9.78. The number of anilines is 3. The maximum Gasteiger partial charge on any atom is 0.0788 e. The molecule has 0 aliphatic rings. The molecule has 0 unspecified atom stereocenters. The molecule has 3 heteroatoms. The second-order valence-corrected chi connectivity index (χ2v) is 15.3. The van der Waals surface area contributed by atoms with Crippen LogP contribution in [0.5, 0.6) is 0 Å². The smallest absolute Gasteiger partial charge is 0.0788 e. The van der Waals surface area contributed by atoms with Gasteiger partial charge in [0.15, 0.2) is 0 Å². The van der Waals surface area contributed by atoms with E-state index in [-0.39, 0.29) is 5.41 Å². The molecule has 0 aliphatic carbocycles. The molecule has 2 heterocycles. The predicted molar refractivity (Wildman–Crippen MR) is 240 cm³/mol. The molecule has 0 aliphatic heterocycles. The quantitative estimate of drug-likeness (QED) is 0.155. The predicted octanol–water partition coefficient (Wildman–Crippen LogP) is 14.5. The molecule has 0 bridgehead atoms. The van der Waals surface area contributed by atoms with E-state index in [4.69, 9.17) is 4.98 Å². The Balaban J connectivity index is 1.18. The van der Waals surface area contributed by atoms with Crippen LogP contribution in [0.2, 0.25) is 0 Å². The Bertz CT molecular complexity index is 3020. The highest BCUT2D eigenvalue weighted by molar-refractivity contribution is 6.12. The van der Waals surface area contributed by atoms with Gasteiger partial charge in [-0.25, -0.2) is 4.98 Å². The van der Waals surface area contributed by atoms with E-state index in [0.29, 0.717) is 0 Å². The monoisotopic (exact) mass is 731 g/mol. The van der Waals surface area contributed by atoms with E-state index in [1.807, 2.05) is 0 Å². The molecule has 0 saturated carbocycles. The van der Waals surface area contributed by atoms with Gasteiger partial charge in [-0.15, -0.1) is 0 Å². The maximum absolute atomic E-state index is 5.32. The first-order chi connectivity index (χ1) is 28.0. The van der Waals surface area contributed by atoms with E-state index in [1.165, 1.54) is 21.9 Å². The Morgan fingerprint density at radius 2 is 1.07 bits per heavy atom. The Morgan fingerprint density at radius 1 is 0.439 bits per heavy atom. The molecule has 0 amide bonds. The molecule has 272 valence electrons. The first-order valence-electron chi connectivity index (χ1n) is 19.6. The zero-order chi connectivity index (χ0) is 38.3. The number of benzene rings is 8. The van der Waals surface area contributed by atoms with Gasteiger partial charge in [-0.1, -0.05) is 153 Å². The van der Waals surface area contributed by atoms with E-state index < -0.39 is 0 Å². The zero-order valence-electron chi connectivity index (χ0n) is 32.0. The van der Waals surface area contributed by atoms with Crippen LogP contribution in [-0.2, 0) is 5.41 Å². The topological polar surface area (TPSA) is 21.1 Å². The zero-order valence-corrected chi connectivity index (χ0v) is 32.0. The van der Waals surface area contributed by atoms with Crippen LogP contribution in [0.4, 0.5) is 17.1 Å². The molecule has 0 saturated heterocycles. The van der Waals surface area contributed by atoms with Crippen molar-refractivity contribution in [3.63, 3.8) is 0 Å². The number of hydrogen-bond donors (Lipinski definition) is 0. The second kappa shape index (κ2) is 14.1. The van der Waals surface area contributed by atoms with Gasteiger partial charge in [0.05, 0.1) is 22.2 Å². The fraction of sp³-hybridized carbons (Fsp3) is 0.0556. The lowest BCUT2D eigenvalue weighted by Crippen LogP contribution is -2.19. The number of pyridine rings is 1. The summed E-state index contributed by atoms with van der Waals surface area (Å²) in [5, 5.41) is 3.51. The van der Waals surface area contributed by atoms with Crippen molar-refractivity contribution in [2.24, 2.45) is 0 Å². The molecular formula is C54H41N3. The molecule has 10 aromatic rings. The number of nitrogens with zero attached hydrogens (tertiary/aromatic N) is 3. The van der Waals surface area contributed by atoms with Gasteiger partial charge in [0.2, 0.25) is 0 Å². The van der Waals surface area contributed by atoms with Crippen molar-refractivity contribution in [1.82, 2.24) is 9.55 Å². The van der Waals surface area contributed by atoms with Gasteiger partial charge < -0.3 is 9.47 Å². The fourth-order valence-corrected chi connectivity index (χ4v) is 8.40. The molecule has 0 radical (unpaired) electrons. The van der Waals surface area contributed by atoms with Crippen LogP contribution < -0.4 is 4.90 Å². The first kappa shape index (κ1) is 34.3. The molecule has 57 heavy (non-hydrogen) atoms. The minimum Gasteiger partial charge on any atom is -0.310 e. The SMILES string of the molecule is CC(C)(c1ccccc1)c1cccc(N(c2ccccc2)c2ccc3c(c2)c2ccc(-c4nc5ccccc5cc4-c4ccccc4)cc2n3-c2ccccc2)c1. The molecule has 10 rings (SSSR count). The Labute approximate surface area is 333 Å². The molecular weight excluding hydrogens is 691 g/mol. The van der Waals surface area contributed by atoms with Crippen LogP contribution in [0.15, 0.2) is 212 Å². The molecule has 2 aromatic heterocycles. The van der Waals surface area contributed by atoms with Gasteiger partial charge in [-0.2, -0.15) is 0 Å².